The van der Waals surface area contributed by atoms with Crippen LogP contribution in [0, 0.1) is 0 Å². The lowest BCUT2D eigenvalue weighted by molar-refractivity contribution is -0.153. The van der Waals surface area contributed by atoms with Crippen LogP contribution in [-0.4, -0.2) is 11.9 Å². The summed E-state index contributed by atoms with van der Waals surface area (Å²) in [4.78, 5) is 26.0. The van der Waals surface area contributed by atoms with Crippen molar-refractivity contribution in [2.24, 2.45) is 0 Å². The lowest BCUT2D eigenvalue weighted by atomic mass is 10.1. The molecule has 0 aliphatic carbocycles. The number of carbonyl (C=O) groups excluding carboxylic acids is 2. The summed E-state index contributed by atoms with van der Waals surface area (Å²) in [7, 11) is 0. The molecule has 0 unspecified atom stereocenters. The second-order valence-corrected chi connectivity index (χ2v) is 3.31. The highest BCUT2D eigenvalue weighted by molar-refractivity contribution is 5.83. The maximum Gasteiger partial charge on any atom is 0.355 e. The lowest BCUT2D eigenvalue weighted by Crippen LogP contribution is -2.25. The van der Waals surface area contributed by atoms with Gasteiger partial charge >= 0.3 is 5.97 Å². The van der Waals surface area contributed by atoms with E-state index >= 15 is 0 Å². The normalized spacial score (nSPS) is 9.40. The van der Waals surface area contributed by atoms with Crippen molar-refractivity contribution in [2.45, 2.75) is 45.4 Å². The van der Waals surface area contributed by atoms with Crippen molar-refractivity contribution < 1.29 is 14.4 Å². The van der Waals surface area contributed by atoms with Crippen molar-refractivity contribution in [1.29, 1.82) is 0 Å². The fourth-order valence-corrected chi connectivity index (χ4v) is 1.09. The van der Waals surface area contributed by atoms with Gasteiger partial charge in [-0.2, -0.15) is 5.48 Å². The molecule has 0 saturated heterocycles. The van der Waals surface area contributed by atoms with Crippen molar-refractivity contribution in [1.82, 2.24) is 5.48 Å². The Labute approximate surface area is 90.6 Å². The molecule has 0 bridgehead atoms. The summed E-state index contributed by atoms with van der Waals surface area (Å²) < 4.78 is 0. The quantitative estimate of drug-likeness (QED) is 0.400. The minimum Gasteiger partial charge on any atom is -0.336 e. The van der Waals surface area contributed by atoms with Crippen molar-refractivity contribution in [3.63, 3.8) is 0 Å². The SMILES string of the molecule is C=CC(=O)ONC(=O)CCCCCCC. The highest BCUT2D eigenvalue weighted by Gasteiger charge is 2.02. The van der Waals surface area contributed by atoms with E-state index in [1.807, 2.05) is 0 Å². The fraction of sp³-hybridized carbons (Fsp3) is 0.636. The minimum absolute atomic E-state index is 0.262. The molecule has 0 aliphatic rings. The largest absolute Gasteiger partial charge is 0.355 e. The first-order valence-electron chi connectivity index (χ1n) is 5.32. The van der Waals surface area contributed by atoms with Crippen LogP contribution in [0.5, 0.6) is 0 Å². The predicted octanol–water partition coefficient (Wildman–Crippen LogP) is 2.11. The zero-order valence-corrected chi connectivity index (χ0v) is 9.25. The van der Waals surface area contributed by atoms with Crippen LogP contribution in [0.2, 0.25) is 0 Å². The van der Waals surface area contributed by atoms with Crippen molar-refractivity contribution in [3.8, 4) is 0 Å². The van der Waals surface area contributed by atoms with Gasteiger partial charge in [-0.3, -0.25) is 4.79 Å². The highest BCUT2D eigenvalue weighted by atomic mass is 16.7. The van der Waals surface area contributed by atoms with Gasteiger partial charge in [-0.05, 0) is 6.42 Å². The molecule has 0 aliphatic heterocycles. The standard InChI is InChI=1S/C11H19NO3/c1-3-5-6-7-8-9-10(13)12-15-11(14)4-2/h4H,2-3,5-9H2,1H3,(H,12,13). The van der Waals surface area contributed by atoms with Gasteiger partial charge in [0.05, 0.1) is 0 Å². The lowest BCUT2D eigenvalue weighted by Gasteiger charge is -2.03. The molecule has 0 saturated carbocycles. The molecule has 0 aromatic rings. The molecular weight excluding hydrogens is 194 g/mol. The van der Waals surface area contributed by atoms with E-state index in [0.29, 0.717) is 6.42 Å². The number of hydroxylamine groups is 1. The van der Waals surface area contributed by atoms with Crippen LogP contribution in [0.1, 0.15) is 45.4 Å². The predicted molar refractivity (Wildman–Crippen MR) is 57.8 cm³/mol. The Morgan fingerprint density at radius 3 is 2.53 bits per heavy atom. The van der Waals surface area contributed by atoms with E-state index in [0.717, 1.165) is 25.3 Å². The monoisotopic (exact) mass is 213 g/mol. The van der Waals surface area contributed by atoms with Crippen LogP contribution in [0.4, 0.5) is 0 Å². The molecule has 0 atom stereocenters. The number of nitrogens with one attached hydrogen (secondary N) is 1. The van der Waals surface area contributed by atoms with Crippen LogP contribution >= 0.6 is 0 Å². The Morgan fingerprint density at radius 1 is 1.27 bits per heavy atom. The Morgan fingerprint density at radius 2 is 1.93 bits per heavy atom. The molecule has 0 heterocycles. The van der Waals surface area contributed by atoms with Gasteiger partial charge in [0.15, 0.2) is 0 Å². The highest BCUT2D eigenvalue weighted by Crippen LogP contribution is 2.04. The number of hydrogen-bond acceptors (Lipinski definition) is 3. The number of rotatable bonds is 7. The van der Waals surface area contributed by atoms with Crippen LogP contribution in [-0.2, 0) is 14.4 Å². The first-order valence-corrected chi connectivity index (χ1v) is 5.32. The van der Waals surface area contributed by atoms with E-state index in [2.05, 4.69) is 23.8 Å². The van der Waals surface area contributed by atoms with Crippen LogP contribution in [0.25, 0.3) is 0 Å². The molecule has 0 radical (unpaired) electrons. The van der Waals surface area contributed by atoms with E-state index in [4.69, 9.17) is 0 Å². The van der Waals surface area contributed by atoms with Gasteiger partial charge < -0.3 is 4.84 Å². The number of hydrogen-bond donors (Lipinski definition) is 1. The van der Waals surface area contributed by atoms with Crippen LogP contribution < -0.4 is 5.48 Å². The second kappa shape index (κ2) is 9.24. The van der Waals surface area contributed by atoms with Crippen molar-refractivity contribution >= 4 is 11.9 Å². The summed E-state index contributed by atoms with van der Waals surface area (Å²) in [6.45, 7) is 5.35. The average molecular weight is 213 g/mol. The van der Waals surface area contributed by atoms with Crippen LogP contribution in [0.3, 0.4) is 0 Å². The first kappa shape index (κ1) is 13.7. The molecule has 0 fully saturated rings. The van der Waals surface area contributed by atoms with E-state index < -0.39 is 5.97 Å². The molecule has 1 amide bonds. The Balaban J connectivity index is 3.33. The summed E-state index contributed by atoms with van der Waals surface area (Å²) in [5.41, 5.74) is 2.06. The average Bonchev–Trinajstić information content (AvgIpc) is 2.25. The van der Waals surface area contributed by atoms with E-state index in [9.17, 15) is 9.59 Å². The minimum atomic E-state index is -0.644. The Hall–Kier alpha value is -1.32. The van der Waals surface area contributed by atoms with Crippen molar-refractivity contribution in [2.75, 3.05) is 0 Å². The topological polar surface area (TPSA) is 55.4 Å². The van der Waals surface area contributed by atoms with Gasteiger partial charge in [0.1, 0.15) is 0 Å². The smallest absolute Gasteiger partial charge is 0.336 e. The number of carbonyl (C=O) groups is 2. The zero-order valence-electron chi connectivity index (χ0n) is 9.25. The number of amides is 1. The first-order chi connectivity index (χ1) is 7.20. The summed E-state index contributed by atoms with van der Waals surface area (Å²) in [5, 5.41) is 0. The van der Waals surface area contributed by atoms with Gasteiger partial charge in [0.25, 0.3) is 5.91 Å². The van der Waals surface area contributed by atoms with Gasteiger partial charge in [0.2, 0.25) is 0 Å². The molecule has 86 valence electrons. The van der Waals surface area contributed by atoms with E-state index in [1.165, 1.54) is 12.8 Å². The zero-order chi connectivity index (χ0) is 11.5. The van der Waals surface area contributed by atoms with E-state index in [-0.39, 0.29) is 5.91 Å². The molecule has 0 aromatic heterocycles. The molecule has 0 spiro atoms. The van der Waals surface area contributed by atoms with Gasteiger partial charge in [-0.15, -0.1) is 0 Å². The van der Waals surface area contributed by atoms with Crippen molar-refractivity contribution in [3.05, 3.63) is 12.7 Å². The maximum atomic E-state index is 11.1. The summed E-state index contributed by atoms with van der Waals surface area (Å²) in [6.07, 6.45) is 6.80. The fourth-order valence-electron chi connectivity index (χ4n) is 1.09. The third-order valence-electron chi connectivity index (χ3n) is 1.94. The second-order valence-electron chi connectivity index (χ2n) is 3.31. The molecule has 1 N–H and O–H groups in total. The summed E-state index contributed by atoms with van der Waals surface area (Å²) in [6, 6.07) is 0. The number of unbranched alkanes of at least 4 members (excludes halogenated alkanes) is 4. The molecule has 4 heteroatoms. The Kier molecular flexibility index (Phi) is 8.43. The third-order valence-corrected chi connectivity index (χ3v) is 1.94. The van der Waals surface area contributed by atoms with Crippen LogP contribution in [0.15, 0.2) is 12.7 Å². The molecule has 0 aromatic carbocycles. The van der Waals surface area contributed by atoms with E-state index in [1.54, 1.807) is 0 Å². The molecule has 15 heavy (non-hydrogen) atoms. The molecule has 0 rings (SSSR count). The third kappa shape index (κ3) is 9.00. The van der Waals surface area contributed by atoms with Gasteiger partial charge in [-0.1, -0.05) is 39.2 Å². The molecule has 4 nitrogen and oxygen atoms in total. The summed E-state index contributed by atoms with van der Waals surface area (Å²) in [5.74, 6) is -0.906. The Bertz CT molecular complexity index is 214. The maximum absolute atomic E-state index is 11.1. The molecular formula is C11H19NO3. The van der Waals surface area contributed by atoms with Gasteiger partial charge in [-0.25, -0.2) is 4.79 Å². The summed E-state index contributed by atoms with van der Waals surface area (Å²) >= 11 is 0. The van der Waals surface area contributed by atoms with Gasteiger partial charge in [0, 0.05) is 12.5 Å².